The Labute approximate surface area is 177 Å². The van der Waals surface area contributed by atoms with Gasteiger partial charge >= 0.3 is 0 Å². The molecule has 0 spiro atoms. The number of nitrogens with one attached hydrogen (secondary N) is 2. The van der Waals surface area contributed by atoms with Crippen molar-refractivity contribution in [2.75, 3.05) is 14.2 Å². The van der Waals surface area contributed by atoms with Crippen molar-refractivity contribution in [1.82, 2.24) is 10.6 Å². The molecule has 12 heteroatoms. The first-order valence-corrected chi connectivity index (χ1v) is 4.40. The fourth-order valence-corrected chi connectivity index (χ4v) is 0.645. The van der Waals surface area contributed by atoms with Crippen LogP contribution in [0.2, 0.25) is 0 Å². The molecule has 0 aliphatic carbocycles. The van der Waals surface area contributed by atoms with E-state index >= 15 is 0 Å². The number of carbonyl (C=O) groups is 4. The van der Waals surface area contributed by atoms with E-state index in [-0.39, 0.29) is 81.7 Å². The topological polar surface area (TPSA) is 111 Å². The summed E-state index contributed by atoms with van der Waals surface area (Å²) in [6, 6.07) is 0. The number of carbonyl (C=O) groups excluding carboxylic acids is 4. The van der Waals surface area contributed by atoms with Crippen LogP contribution in [0.4, 0.5) is 0 Å². The molecule has 0 heterocycles. The van der Waals surface area contributed by atoms with Crippen molar-refractivity contribution in [3.8, 4) is 0 Å². The Morgan fingerprint density at radius 1 is 0.762 bits per heavy atom. The zero-order valence-corrected chi connectivity index (χ0v) is 21.7. The SMILES string of the molecule is COC(=O)[CH-]NC(=O)CC(=O)N[CH-]C(=O)OC.[Re].[Re].[Re].[Re]. The summed E-state index contributed by atoms with van der Waals surface area (Å²) in [6.07, 6.45) is -0.541. The molecular weight excluding hydrogens is 977 g/mol. The van der Waals surface area contributed by atoms with Crippen LogP contribution in [0.25, 0.3) is 0 Å². The number of esters is 2. The number of amides is 2. The van der Waals surface area contributed by atoms with Crippen LogP contribution in [0.5, 0.6) is 0 Å². The number of ether oxygens (including phenoxy) is 2. The van der Waals surface area contributed by atoms with E-state index < -0.39 is 30.2 Å². The number of rotatable bonds is 6. The van der Waals surface area contributed by atoms with E-state index in [0.717, 1.165) is 27.3 Å². The first-order valence-electron chi connectivity index (χ1n) is 4.40. The van der Waals surface area contributed by atoms with Gasteiger partial charge < -0.3 is 20.1 Å². The third-order valence-corrected chi connectivity index (χ3v) is 1.43. The summed E-state index contributed by atoms with van der Waals surface area (Å²) in [6.45, 7) is 1.55. The van der Waals surface area contributed by atoms with Gasteiger partial charge in [-0.1, -0.05) is 0 Å². The molecule has 0 rings (SSSR count). The average Bonchev–Trinajstić information content (AvgIpc) is 2.32. The minimum Gasteiger partial charge on any atom is -0.490 e. The van der Waals surface area contributed by atoms with Crippen molar-refractivity contribution < 1.29 is 110 Å². The van der Waals surface area contributed by atoms with Gasteiger partial charge in [0.15, 0.2) is 11.9 Å². The van der Waals surface area contributed by atoms with Crippen LogP contribution < -0.4 is 10.6 Å². The molecule has 2 N–H and O–H groups in total. The van der Waals surface area contributed by atoms with Crippen molar-refractivity contribution in [2.45, 2.75) is 6.42 Å². The summed E-state index contributed by atoms with van der Waals surface area (Å²) in [5, 5.41) is 4.07. The molecule has 0 saturated heterocycles. The van der Waals surface area contributed by atoms with Crippen molar-refractivity contribution >= 4 is 23.8 Å². The molecule has 124 valence electrons. The van der Waals surface area contributed by atoms with E-state index in [4.69, 9.17) is 0 Å². The molecule has 0 fully saturated rings. The van der Waals surface area contributed by atoms with Crippen molar-refractivity contribution in [2.24, 2.45) is 0 Å². The largest absolute Gasteiger partial charge is 0.490 e. The Bertz CT molecular complexity index is 299. The van der Waals surface area contributed by atoms with Crippen LogP contribution in [0.15, 0.2) is 0 Å². The summed E-state index contributed by atoms with van der Waals surface area (Å²) in [7, 11) is 2.28. The number of hydrogen-bond donors (Lipinski definition) is 2. The second-order valence-electron chi connectivity index (χ2n) is 2.65. The molecule has 2 amide bonds. The Balaban J connectivity index is -0.000000213. The summed E-state index contributed by atoms with van der Waals surface area (Å²) in [5.74, 6) is -2.93. The van der Waals surface area contributed by atoms with Crippen LogP contribution in [0.1, 0.15) is 6.42 Å². The third-order valence-electron chi connectivity index (χ3n) is 1.43. The van der Waals surface area contributed by atoms with Gasteiger partial charge in [-0.05, 0) is 0 Å². The quantitative estimate of drug-likeness (QED) is 0.186. The second-order valence-corrected chi connectivity index (χ2v) is 2.65. The molecule has 0 atom stereocenters. The van der Waals surface area contributed by atoms with Gasteiger partial charge in [0.05, 0.1) is 14.2 Å². The monoisotopic (exact) mass is 992 g/mol. The molecule has 0 unspecified atom stereocenters. The van der Waals surface area contributed by atoms with Crippen molar-refractivity contribution in [3.05, 3.63) is 13.1 Å². The third kappa shape index (κ3) is 20.3. The molecule has 0 aliphatic rings. The van der Waals surface area contributed by atoms with E-state index in [0.29, 0.717) is 0 Å². The predicted molar refractivity (Wildman–Crippen MR) is 53.5 cm³/mol. The fraction of sp³-hybridized carbons (Fsp3) is 0.333. The Hall–Kier alpha value is 0.269. The van der Waals surface area contributed by atoms with Crippen LogP contribution in [-0.2, 0) is 110 Å². The summed E-state index contributed by atoms with van der Waals surface area (Å²) in [5.41, 5.74) is 0. The Kier molecular flexibility index (Phi) is 31.9. The Morgan fingerprint density at radius 3 is 1.29 bits per heavy atom. The summed E-state index contributed by atoms with van der Waals surface area (Å²) >= 11 is 0. The van der Waals surface area contributed by atoms with Crippen LogP contribution in [0, 0.1) is 13.1 Å². The molecule has 0 saturated carbocycles. The van der Waals surface area contributed by atoms with E-state index in [1.54, 1.807) is 0 Å². The van der Waals surface area contributed by atoms with Crippen molar-refractivity contribution in [3.63, 3.8) is 0 Å². The Morgan fingerprint density at radius 2 is 1.05 bits per heavy atom. The average molecular weight is 989 g/mol. The van der Waals surface area contributed by atoms with E-state index in [1.807, 2.05) is 10.6 Å². The maximum Gasteiger partial charge on any atom is 0.203 e. The van der Waals surface area contributed by atoms with E-state index in [2.05, 4.69) is 9.47 Å². The van der Waals surface area contributed by atoms with Crippen molar-refractivity contribution in [1.29, 1.82) is 0 Å². The minimum absolute atomic E-state index is 0. The fourth-order valence-electron chi connectivity index (χ4n) is 0.645. The molecular formula is C9H12N2O6Re4-2. The molecule has 21 heavy (non-hydrogen) atoms. The van der Waals surface area contributed by atoms with Crippen LogP contribution in [-0.4, -0.2) is 38.0 Å². The molecule has 0 aromatic rings. The zero-order chi connectivity index (χ0) is 13.3. The zero-order valence-electron chi connectivity index (χ0n) is 10.8. The maximum absolute atomic E-state index is 11.0. The second kappa shape index (κ2) is 20.3. The normalized spacial score (nSPS) is 6.95. The number of methoxy groups -OCH3 is 2. The molecule has 0 aromatic carbocycles. The minimum atomic E-state index is -0.750. The first kappa shape index (κ1) is 33.0. The molecule has 4 radical (unpaired) electrons. The van der Waals surface area contributed by atoms with Gasteiger partial charge in [0, 0.05) is 81.7 Å². The smallest absolute Gasteiger partial charge is 0.203 e. The number of hydrogen-bond acceptors (Lipinski definition) is 6. The molecule has 8 nitrogen and oxygen atoms in total. The molecule has 0 aromatic heterocycles. The standard InChI is InChI=1S/C9H12N2O6.4Re/c1-16-8(14)4-10-6(12)3-7(13)11-5-9(15)17-2;;;;/h4-5H,3H2,1-2H3,(H,10,12)(H,11,13);;;;/q-2;;;;. The molecule has 0 bridgehead atoms. The summed E-state index contributed by atoms with van der Waals surface area (Å²) < 4.78 is 8.44. The van der Waals surface area contributed by atoms with Gasteiger partial charge in [0.2, 0.25) is 11.8 Å². The van der Waals surface area contributed by atoms with Gasteiger partial charge in [-0.2, -0.15) is 13.1 Å². The predicted octanol–water partition coefficient (Wildman–Crippen LogP) is -1.73. The van der Waals surface area contributed by atoms with Crippen LogP contribution in [0.3, 0.4) is 0 Å². The van der Waals surface area contributed by atoms with E-state index in [9.17, 15) is 19.2 Å². The maximum atomic E-state index is 11.0. The molecule has 0 aliphatic heterocycles. The first-order chi connectivity index (χ1) is 7.99. The van der Waals surface area contributed by atoms with Gasteiger partial charge in [-0.15, -0.1) is 0 Å². The van der Waals surface area contributed by atoms with Gasteiger partial charge in [0.1, 0.15) is 6.42 Å². The van der Waals surface area contributed by atoms with Gasteiger partial charge in [0.25, 0.3) is 0 Å². The van der Waals surface area contributed by atoms with Gasteiger partial charge in [-0.25, -0.2) is 0 Å². The summed E-state index contributed by atoms with van der Waals surface area (Å²) in [4.78, 5) is 43.3. The van der Waals surface area contributed by atoms with Crippen LogP contribution >= 0.6 is 0 Å². The van der Waals surface area contributed by atoms with E-state index in [1.165, 1.54) is 0 Å². The van der Waals surface area contributed by atoms with Gasteiger partial charge in [-0.3, -0.25) is 19.2 Å².